The smallest absolute Gasteiger partial charge is 0.173 e. The zero-order valence-electron chi connectivity index (χ0n) is 12.4. The number of aryl methyl sites for hydroxylation is 1. The average molecular weight is 304 g/mol. The monoisotopic (exact) mass is 304 g/mol. The second kappa shape index (κ2) is 7.84. The van der Waals surface area contributed by atoms with Gasteiger partial charge in [-0.05, 0) is 42.0 Å². The first-order chi connectivity index (χ1) is 10.2. The molecule has 1 aromatic carbocycles. The van der Waals surface area contributed by atoms with E-state index in [0.717, 1.165) is 28.4 Å². The van der Waals surface area contributed by atoms with Crippen molar-refractivity contribution in [1.82, 2.24) is 0 Å². The minimum atomic E-state index is 0.192. The molecule has 0 amide bonds. The Labute approximate surface area is 129 Å². The topological polar surface area (TPSA) is 35.5 Å². The van der Waals surface area contributed by atoms with Crippen LogP contribution < -0.4 is 9.47 Å². The molecule has 0 aliphatic heterocycles. The van der Waals surface area contributed by atoms with Crippen molar-refractivity contribution in [3.05, 3.63) is 46.2 Å². The fourth-order valence-corrected chi connectivity index (χ4v) is 2.71. The Morgan fingerprint density at radius 1 is 1.24 bits per heavy atom. The highest BCUT2D eigenvalue weighted by Crippen LogP contribution is 2.29. The maximum absolute atomic E-state index is 12.0. The van der Waals surface area contributed by atoms with Gasteiger partial charge in [-0.1, -0.05) is 19.1 Å². The van der Waals surface area contributed by atoms with Gasteiger partial charge in [0.15, 0.2) is 17.3 Å². The summed E-state index contributed by atoms with van der Waals surface area (Å²) in [5, 5.41) is 1.93. The zero-order chi connectivity index (χ0) is 15.1. The number of hydrogen-bond donors (Lipinski definition) is 0. The van der Waals surface area contributed by atoms with E-state index in [1.54, 1.807) is 7.11 Å². The van der Waals surface area contributed by atoms with Gasteiger partial charge in [-0.3, -0.25) is 4.79 Å². The second-order valence-corrected chi connectivity index (χ2v) is 5.68. The third-order valence-corrected chi connectivity index (χ3v) is 4.04. The predicted octanol–water partition coefficient (Wildman–Crippen LogP) is 4.36. The minimum absolute atomic E-state index is 0.192. The van der Waals surface area contributed by atoms with Crippen molar-refractivity contribution in [2.75, 3.05) is 13.7 Å². The Balaban J connectivity index is 2.01. The lowest BCUT2D eigenvalue weighted by Gasteiger charge is -2.11. The van der Waals surface area contributed by atoms with Gasteiger partial charge < -0.3 is 9.47 Å². The molecule has 4 heteroatoms. The summed E-state index contributed by atoms with van der Waals surface area (Å²) in [7, 11) is 1.63. The molecule has 1 heterocycles. The van der Waals surface area contributed by atoms with Gasteiger partial charge in [-0.2, -0.15) is 0 Å². The van der Waals surface area contributed by atoms with Crippen molar-refractivity contribution >= 4 is 17.1 Å². The molecule has 0 aliphatic rings. The summed E-state index contributed by atoms with van der Waals surface area (Å²) in [5.41, 5.74) is 1.09. The lowest BCUT2D eigenvalue weighted by molar-refractivity contribution is 0.0986. The number of ketones is 1. The first kappa shape index (κ1) is 15.6. The summed E-state index contributed by atoms with van der Waals surface area (Å²) in [5.74, 6) is 1.68. The Hall–Kier alpha value is -1.81. The summed E-state index contributed by atoms with van der Waals surface area (Å²) in [6.07, 6.45) is 2.17. The number of thiophene rings is 1. The summed E-state index contributed by atoms with van der Waals surface area (Å²) in [6.45, 7) is 2.73. The van der Waals surface area contributed by atoms with Crippen LogP contribution in [0.4, 0.5) is 0 Å². The van der Waals surface area contributed by atoms with Crippen LogP contribution in [0.5, 0.6) is 11.5 Å². The zero-order valence-corrected chi connectivity index (χ0v) is 13.2. The standard InChI is InChI=1S/C17H20O3S/c1-3-10-20-16-12-13(7-9-15(16)19-2)6-8-14(18)17-5-4-11-21-17/h4-5,7,9,11-12H,3,6,8,10H2,1-2H3. The van der Waals surface area contributed by atoms with Gasteiger partial charge in [0, 0.05) is 6.42 Å². The maximum Gasteiger partial charge on any atom is 0.173 e. The molecule has 0 spiro atoms. The molecule has 2 aromatic rings. The quantitative estimate of drug-likeness (QED) is 0.680. The van der Waals surface area contributed by atoms with Crippen molar-refractivity contribution in [3.8, 4) is 11.5 Å². The molecule has 112 valence electrons. The number of benzene rings is 1. The largest absolute Gasteiger partial charge is 0.493 e. The van der Waals surface area contributed by atoms with E-state index in [1.807, 2.05) is 35.7 Å². The highest BCUT2D eigenvalue weighted by Gasteiger charge is 2.09. The number of carbonyl (C=O) groups is 1. The molecule has 0 aliphatic carbocycles. The number of carbonyl (C=O) groups excluding carboxylic acids is 1. The normalized spacial score (nSPS) is 10.4. The molecular weight excluding hydrogens is 284 g/mol. The van der Waals surface area contributed by atoms with Gasteiger partial charge in [0.05, 0.1) is 18.6 Å². The number of methoxy groups -OCH3 is 1. The first-order valence-corrected chi connectivity index (χ1v) is 7.99. The van der Waals surface area contributed by atoms with Gasteiger partial charge in [0.1, 0.15) is 0 Å². The van der Waals surface area contributed by atoms with E-state index in [2.05, 4.69) is 6.92 Å². The van der Waals surface area contributed by atoms with Crippen LogP contribution in [0.25, 0.3) is 0 Å². The highest BCUT2D eigenvalue weighted by atomic mass is 32.1. The summed E-state index contributed by atoms with van der Waals surface area (Å²) in [6, 6.07) is 9.63. The van der Waals surface area contributed by atoms with Crippen LogP contribution in [-0.4, -0.2) is 19.5 Å². The third-order valence-electron chi connectivity index (χ3n) is 3.13. The molecule has 0 saturated heterocycles. The van der Waals surface area contributed by atoms with E-state index in [9.17, 15) is 4.79 Å². The van der Waals surface area contributed by atoms with Crippen molar-refractivity contribution < 1.29 is 14.3 Å². The number of rotatable bonds is 8. The van der Waals surface area contributed by atoms with Crippen molar-refractivity contribution in [2.45, 2.75) is 26.2 Å². The molecule has 2 rings (SSSR count). The van der Waals surface area contributed by atoms with E-state index in [0.29, 0.717) is 19.4 Å². The van der Waals surface area contributed by atoms with Gasteiger partial charge in [-0.25, -0.2) is 0 Å². The number of ether oxygens (including phenoxy) is 2. The van der Waals surface area contributed by atoms with Gasteiger partial charge in [0.25, 0.3) is 0 Å². The number of hydrogen-bond acceptors (Lipinski definition) is 4. The minimum Gasteiger partial charge on any atom is -0.493 e. The summed E-state index contributed by atoms with van der Waals surface area (Å²) < 4.78 is 11.0. The van der Waals surface area contributed by atoms with Crippen molar-refractivity contribution in [2.24, 2.45) is 0 Å². The fraction of sp³-hybridized carbons (Fsp3) is 0.353. The predicted molar refractivity (Wildman–Crippen MR) is 85.8 cm³/mol. The molecule has 0 saturated carbocycles. The molecule has 3 nitrogen and oxygen atoms in total. The average Bonchev–Trinajstić information content (AvgIpc) is 3.05. The second-order valence-electron chi connectivity index (χ2n) is 4.73. The summed E-state index contributed by atoms with van der Waals surface area (Å²) >= 11 is 1.49. The van der Waals surface area contributed by atoms with E-state index in [4.69, 9.17) is 9.47 Å². The van der Waals surface area contributed by atoms with Gasteiger partial charge in [-0.15, -0.1) is 11.3 Å². The Morgan fingerprint density at radius 2 is 2.10 bits per heavy atom. The first-order valence-electron chi connectivity index (χ1n) is 7.11. The molecule has 0 radical (unpaired) electrons. The Morgan fingerprint density at radius 3 is 2.76 bits per heavy atom. The molecule has 1 aromatic heterocycles. The molecule has 0 unspecified atom stereocenters. The fourth-order valence-electron chi connectivity index (χ4n) is 2.02. The SMILES string of the molecule is CCCOc1cc(CCC(=O)c2cccs2)ccc1OC. The Bertz CT molecular complexity index is 576. The molecule has 0 fully saturated rings. The van der Waals surface area contributed by atoms with Crippen LogP contribution in [-0.2, 0) is 6.42 Å². The molecule has 0 atom stereocenters. The van der Waals surface area contributed by atoms with E-state index in [1.165, 1.54) is 11.3 Å². The molecule has 0 N–H and O–H groups in total. The van der Waals surface area contributed by atoms with Crippen LogP contribution in [0.1, 0.15) is 35.0 Å². The van der Waals surface area contributed by atoms with Crippen LogP contribution in [0.3, 0.4) is 0 Å². The van der Waals surface area contributed by atoms with Crippen LogP contribution in [0, 0.1) is 0 Å². The third kappa shape index (κ3) is 4.33. The molecule has 0 bridgehead atoms. The highest BCUT2D eigenvalue weighted by molar-refractivity contribution is 7.12. The lowest BCUT2D eigenvalue weighted by Crippen LogP contribution is -2.01. The van der Waals surface area contributed by atoms with E-state index >= 15 is 0 Å². The van der Waals surface area contributed by atoms with Gasteiger partial charge in [0.2, 0.25) is 0 Å². The molecular formula is C17H20O3S. The Kier molecular flexibility index (Phi) is 5.81. The van der Waals surface area contributed by atoms with E-state index < -0.39 is 0 Å². The summed E-state index contributed by atoms with van der Waals surface area (Å²) in [4.78, 5) is 12.8. The van der Waals surface area contributed by atoms with E-state index in [-0.39, 0.29) is 5.78 Å². The van der Waals surface area contributed by atoms with Crippen molar-refractivity contribution in [3.63, 3.8) is 0 Å². The maximum atomic E-state index is 12.0. The van der Waals surface area contributed by atoms with Crippen LogP contribution in [0.15, 0.2) is 35.7 Å². The molecule has 21 heavy (non-hydrogen) atoms. The van der Waals surface area contributed by atoms with Crippen LogP contribution in [0.2, 0.25) is 0 Å². The van der Waals surface area contributed by atoms with Crippen molar-refractivity contribution in [1.29, 1.82) is 0 Å². The van der Waals surface area contributed by atoms with Gasteiger partial charge >= 0.3 is 0 Å². The van der Waals surface area contributed by atoms with Crippen LogP contribution >= 0.6 is 11.3 Å². The lowest BCUT2D eigenvalue weighted by atomic mass is 10.1. The number of Topliss-reactive ketones (excluding diaryl/α,β-unsaturated/α-hetero) is 1.